The number of rotatable bonds is 8. The summed E-state index contributed by atoms with van der Waals surface area (Å²) in [6.45, 7) is 2.79. The van der Waals surface area contributed by atoms with Gasteiger partial charge in [-0.3, -0.25) is 9.36 Å². The second kappa shape index (κ2) is 9.67. The minimum atomic E-state index is -0.0344. The normalized spacial score (nSPS) is 13.4. The van der Waals surface area contributed by atoms with Crippen LogP contribution in [0, 0.1) is 0 Å². The van der Waals surface area contributed by atoms with Crippen LogP contribution in [0.15, 0.2) is 60.0 Å². The lowest BCUT2D eigenvalue weighted by Gasteiger charge is -2.17. The Morgan fingerprint density at radius 3 is 2.47 bits per heavy atom. The molecule has 156 valence electrons. The van der Waals surface area contributed by atoms with Gasteiger partial charge in [0, 0.05) is 31.0 Å². The number of hydrogen-bond acceptors (Lipinski definition) is 6. The Balaban J connectivity index is 1.27. The van der Waals surface area contributed by atoms with Crippen LogP contribution in [0.5, 0.6) is 5.75 Å². The molecular formula is C22H25N5O2S. The molecule has 30 heavy (non-hydrogen) atoms. The molecule has 0 spiro atoms. The van der Waals surface area contributed by atoms with E-state index >= 15 is 0 Å². The van der Waals surface area contributed by atoms with Crippen LogP contribution in [0.3, 0.4) is 0 Å². The van der Waals surface area contributed by atoms with Crippen molar-refractivity contribution in [2.24, 2.45) is 0 Å². The largest absolute Gasteiger partial charge is 0.497 e. The number of carbonyl (C=O) groups excluding carboxylic acids is 1. The van der Waals surface area contributed by atoms with Crippen molar-refractivity contribution in [1.29, 1.82) is 0 Å². The summed E-state index contributed by atoms with van der Waals surface area (Å²) in [7, 11) is 1.63. The third kappa shape index (κ3) is 4.94. The Morgan fingerprint density at radius 1 is 1.07 bits per heavy atom. The molecule has 1 amide bonds. The van der Waals surface area contributed by atoms with E-state index in [1.165, 1.54) is 30.3 Å². The number of benzene rings is 2. The van der Waals surface area contributed by atoms with Gasteiger partial charge in [-0.1, -0.05) is 23.9 Å². The van der Waals surface area contributed by atoms with Crippen LogP contribution in [0.2, 0.25) is 0 Å². The van der Waals surface area contributed by atoms with Crippen LogP contribution in [0.1, 0.15) is 18.4 Å². The Hall–Kier alpha value is -3.00. The van der Waals surface area contributed by atoms with E-state index in [-0.39, 0.29) is 11.7 Å². The van der Waals surface area contributed by atoms with Gasteiger partial charge in [0.15, 0.2) is 5.16 Å². The molecular weight excluding hydrogens is 398 g/mol. The average molecular weight is 424 g/mol. The maximum absolute atomic E-state index is 12.3. The Morgan fingerprint density at radius 2 is 1.77 bits per heavy atom. The third-order valence-electron chi connectivity index (χ3n) is 5.10. The Kier molecular flexibility index (Phi) is 6.53. The molecule has 1 N–H and O–H groups in total. The lowest BCUT2D eigenvalue weighted by Crippen LogP contribution is -2.24. The second-order valence-corrected chi connectivity index (χ2v) is 8.05. The standard InChI is InChI=1S/C22H25N5O2S/c1-29-20-10-8-19(9-11-20)27-16-24-25-22(27)30-15-21(28)23-14-17-4-6-18(7-5-17)26-12-2-3-13-26/h4-11,16H,2-3,12-15H2,1H3,(H,23,28). The predicted octanol–water partition coefficient (Wildman–Crippen LogP) is 3.28. The number of carbonyl (C=O) groups is 1. The van der Waals surface area contributed by atoms with Crippen molar-refractivity contribution in [1.82, 2.24) is 20.1 Å². The van der Waals surface area contributed by atoms with Crippen molar-refractivity contribution in [2.45, 2.75) is 24.5 Å². The van der Waals surface area contributed by atoms with Gasteiger partial charge in [-0.15, -0.1) is 10.2 Å². The van der Waals surface area contributed by atoms with Crippen LogP contribution in [-0.2, 0) is 11.3 Å². The zero-order chi connectivity index (χ0) is 20.8. The summed E-state index contributed by atoms with van der Waals surface area (Å²) in [6, 6.07) is 16.1. The highest BCUT2D eigenvalue weighted by Crippen LogP contribution is 2.22. The number of ether oxygens (including phenoxy) is 1. The van der Waals surface area contributed by atoms with Crippen molar-refractivity contribution in [3.8, 4) is 11.4 Å². The van der Waals surface area contributed by atoms with Gasteiger partial charge in [0.2, 0.25) is 5.91 Å². The van der Waals surface area contributed by atoms with E-state index < -0.39 is 0 Å². The fourth-order valence-electron chi connectivity index (χ4n) is 3.42. The molecule has 1 aromatic heterocycles. The number of methoxy groups -OCH3 is 1. The summed E-state index contributed by atoms with van der Waals surface area (Å²) in [5, 5.41) is 11.8. The van der Waals surface area contributed by atoms with Gasteiger partial charge in [0.25, 0.3) is 0 Å². The summed E-state index contributed by atoms with van der Waals surface area (Å²) in [5.74, 6) is 1.03. The van der Waals surface area contributed by atoms with Crippen molar-refractivity contribution >= 4 is 23.4 Å². The highest BCUT2D eigenvalue weighted by molar-refractivity contribution is 7.99. The highest BCUT2D eigenvalue weighted by atomic mass is 32.2. The summed E-state index contributed by atoms with van der Waals surface area (Å²) in [5.41, 5.74) is 3.27. The molecule has 2 aromatic carbocycles. The van der Waals surface area contributed by atoms with Gasteiger partial charge >= 0.3 is 0 Å². The molecule has 0 bridgehead atoms. The number of amides is 1. The van der Waals surface area contributed by atoms with E-state index in [1.807, 2.05) is 28.8 Å². The van der Waals surface area contributed by atoms with Crippen LogP contribution in [0.4, 0.5) is 5.69 Å². The first-order valence-corrected chi connectivity index (χ1v) is 11.0. The minimum absolute atomic E-state index is 0.0344. The molecule has 0 radical (unpaired) electrons. The second-order valence-electron chi connectivity index (χ2n) is 7.11. The monoisotopic (exact) mass is 423 g/mol. The topological polar surface area (TPSA) is 72.3 Å². The maximum atomic E-state index is 12.3. The van der Waals surface area contributed by atoms with E-state index in [2.05, 4.69) is 44.7 Å². The molecule has 1 fully saturated rings. The van der Waals surface area contributed by atoms with Crippen LogP contribution in [-0.4, -0.2) is 46.6 Å². The smallest absolute Gasteiger partial charge is 0.230 e. The Labute approximate surface area is 180 Å². The van der Waals surface area contributed by atoms with Crippen LogP contribution in [0.25, 0.3) is 5.69 Å². The SMILES string of the molecule is COc1ccc(-n2cnnc2SCC(=O)NCc2ccc(N3CCCC3)cc2)cc1. The summed E-state index contributed by atoms with van der Waals surface area (Å²) in [4.78, 5) is 14.7. The third-order valence-corrected chi connectivity index (χ3v) is 6.04. The number of aromatic nitrogens is 3. The van der Waals surface area contributed by atoms with Crippen molar-refractivity contribution in [3.05, 3.63) is 60.4 Å². The molecule has 1 aliphatic rings. The molecule has 1 saturated heterocycles. The zero-order valence-corrected chi connectivity index (χ0v) is 17.8. The van der Waals surface area contributed by atoms with Crippen molar-refractivity contribution in [2.75, 3.05) is 30.9 Å². The van der Waals surface area contributed by atoms with Crippen molar-refractivity contribution in [3.63, 3.8) is 0 Å². The Bertz CT molecular complexity index is 966. The molecule has 4 rings (SSSR count). The molecule has 1 aliphatic heterocycles. The molecule has 0 saturated carbocycles. The van der Waals surface area contributed by atoms with Gasteiger partial charge in [-0.05, 0) is 54.8 Å². The number of thioether (sulfide) groups is 1. The van der Waals surface area contributed by atoms with Gasteiger partial charge in [0.05, 0.1) is 12.9 Å². The van der Waals surface area contributed by atoms with E-state index in [4.69, 9.17) is 4.74 Å². The van der Waals surface area contributed by atoms with E-state index in [0.29, 0.717) is 11.7 Å². The first kappa shape index (κ1) is 20.3. The van der Waals surface area contributed by atoms with E-state index in [1.54, 1.807) is 13.4 Å². The number of anilines is 1. The van der Waals surface area contributed by atoms with E-state index in [0.717, 1.165) is 30.1 Å². The predicted molar refractivity (Wildman–Crippen MR) is 118 cm³/mol. The van der Waals surface area contributed by atoms with Gasteiger partial charge in [-0.25, -0.2) is 0 Å². The quantitative estimate of drug-likeness (QED) is 0.561. The molecule has 7 nitrogen and oxygen atoms in total. The fourth-order valence-corrected chi connectivity index (χ4v) is 4.18. The van der Waals surface area contributed by atoms with Gasteiger partial charge in [-0.2, -0.15) is 0 Å². The molecule has 0 aliphatic carbocycles. The maximum Gasteiger partial charge on any atom is 0.230 e. The average Bonchev–Trinajstić information content (AvgIpc) is 3.49. The molecule has 0 unspecified atom stereocenters. The van der Waals surface area contributed by atoms with E-state index in [9.17, 15) is 4.79 Å². The molecule has 8 heteroatoms. The summed E-state index contributed by atoms with van der Waals surface area (Å²) < 4.78 is 7.05. The number of nitrogens with one attached hydrogen (secondary N) is 1. The molecule has 2 heterocycles. The molecule has 0 atom stereocenters. The van der Waals surface area contributed by atoms with Crippen LogP contribution >= 0.6 is 11.8 Å². The highest BCUT2D eigenvalue weighted by Gasteiger charge is 2.13. The van der Waals surface area contributed by atoms with Crippen molar-refractivity contribution < 1.29 is 9.53 Å². The zero-order valence-electron chi connectivity index (χ0n) is 17.0. The number of hydrogen-bond donors (Lipinski definition) is 1. The van der Waals surface area contributed by atoms with Gasteiger partial charge in [0.1, 0.15) is 12.1 Å². The lowest BCUT2D eigenvalue weighted by atomic mass is 10.2. The summed E-state index contributed by atoms with van der Waals surface area (Å²) in [6.07, 6.45) is 4.17. The van der Waals surface area contributed by atoms with Crippen LogP contribution < -0.4 is 15.0 Å². The number of nitrogens with zero attached hydrogens (tertiary/aromatic N) is 4. The minimum Gasteiger partial charge on any atom is -0.497 e. The lowest BCUT2D eigenvalue weighted by molar-refractivity contribution is -0.118. The molecule has 3 aromatic rings. The first-order valence-electron chi connectivity index (χ1n) is 10.0. The summed E-state index contributed by atoms with van der Waals surface area (Å²) >= 11 is 1.36. The van der Waals surface area contributed by atoms with Gasteiger partial charge < -0.3 is 15.0 Å². The fraction of sp³-hybridized carbons (Fsp3) is 0.318. The first-order chi connectivity index (χ1) is 14.7.